The lowest BCUT2D eigenvalue weighted by Crippen LogP contribution is -2.28. The van der Waals surface area contributed by atoms with Crippen LogP contribution in [0, 0.1) is 11.8 Å². The predicted octanol–water partition coefficient (Wildman–Crippen LogP) is 3.68. The molecule has 0 saturated heterocycles. The summed E-state index contributed by atoms with van der Waals surface area (Å²) in [6.45, 7) is 4.62. The highest BCUT2D eigenvalue weighted by atomic mass is 79.9. The van der Waals surface area contributed by atoms with Crippen molar-refractivity contribution in [1.82, 2.24) is 20.2 Å². The Morgan fingerprint density at radius 1 is 1.29 bits per heavy atom. The molecule has 1 fully saturated rings. The first-order valence-electron chi connectivity index (χ1n) is 7.41. The third-order valence-corrected chi connectivity index (χ3v) is 5.39. The van der Waals surface area contributed by atoms with Gasteiger partial charge in [0.05, 0.1) is 6.04 Å². The number of nitrogen functional groups attached to an aromatic ring is 1. The minimum absolute atomic E-state index is 0.354. The van der Waals surface area contributed by atoms with E-state index < -0.39 is 0 Å². The van der Waals surface area contributed by atoms with Gasteiger partial charge in [-0.2, -0.15) is 0 Å². The van der Waals surface area contributed by atoms with Crippen LogP contribution >= 0.6 is 15.9 Å². The number of anilines is 1. The number of nitrogens with zero attached hydrogens (tertiary/aromatic N) is 4. The molecule has 0 spiro atoms. The van der Waals surface area contributed by atoms with Crippen LogP contribution in [0.3, 0.4) is 0 Å². The van der Waals surface area contributed by atoms with E-state index in [4.69, 9.17) is 5.73 Å². The van der Waals surface area contributed by atoms with Crippen molar-refractivity contribution >= 4 is 21.6 Å². The minimum Gasteiger partial charge on any atom is -0.399 e. The Labute approximate surface area is 133 Å². The van der Waals surface area contributed by atoms with Crippen LogP contribution in [-0.2, 0) is 0 Å². The lowest BCUT2D eigenvalue weighted by atomic mass is 9.78. The standard InChI is InChI=1S/C15H20BrN5/c1-9-4-3-5-14(10(9)2)21-15(18-19-20-21)12-8-11(17)6-7-13(12)16/h6-10,14H,3-5,17H2,1-2H3. The Morgan fingerprint density at radius 2 is 2.10 bits per heavy atom. The number of halogens is 1. The fourth-order valence-corrected chi connectivity index (χ4v) is 3.63. The summed E-state index contributed by atoms with van der Waals surface area (Å²) in [6, 6.07) is 6.08. The van der Waals surface area contributed by atoms with Crippen molar-refractivity contribution in [1.29, 1.82) is 0 Å². The molecule has 0 radical (unpaired) electrons. The van der Waals surface area contributed by atoms with Gasteiger partial charge in [-0.25, -0.2) is 4.68 Å². The summed E-state index contributed by atoms with van der Waals surface area (Å²) in [5, 5.41) is 12.4. The van der Waals surface area contributed by atoms with Crippen LogP contribution in [0.25, 0.3) is 11.4 Å². The second-order valence-electron chi connectivity index (χ2n) is 6.02. The van der Waals surface area contributed by atoms with E-state index in [1.54, 1.807) is 0 Å². The highest BCUT2D eigenvalue weighted by Crippen LogP contribution is 2.39. The molecule has 1 aliphatic rings. The van der Waals surface area contributed by atoms with E-state index >= 15 is 0 Å². The van der Waals surface area contributed by atoms with Gasteiger partial charge in [-0.05, 0) is 46.9 Å². The van der Waals surface area contributed by atoms with Crippen molar-refractivity contribution < 1.29 is 0 Å². The summed E-state index contributed by atoms with van der Waals surface area (Å²) in [5.74, 6) is 2.06. The van der Waals surface area contributed by atoms with Crippen LogP contribution in [0.4, 0.5) is 5.69 Å². The number of nitrogens with two attached hydrogens (primary N) is 1. The van der Waals surface area contributed by atoms with E-state index in [1.807, 2.05) is 22.9 Å². The highest BCUT2D eigenvalue weighted by Gasteiger charge is 2.31. The fourth-order valence-electron chi connectivity index (χ4n) is 3.21. The smallest absolute Gasteiger partial charge is 0.183 e. The molecule has 5 nitrogen and oxygen atoms in total. The van der Waals surface area contributed by atoms with Crippen LogP contribution in [0.5, 0.6) is 0 Å². The maximum absolute atomic E-state index is 5.91. The van der Waals surface area contributed by atoms with Crippen molar-refractivity contribution in [3.05, 3.63) is 22.7 Å². The van der Waals surface area contributed by atoms with Crippen molar-refractivity contribution in [3.63, 3.8) is 0 Å². The van der Waals surface area contributed by atoms with Gasteiger partial charge in [-0.15, -0.1) is 5.10 Å². The van der Waals surface area contributed by atoms with Gasteiger partial charge in [-0.1, -0.05) is 42.6 Å². The lowest BCUT2D eigenvalue weighted by Gasteiger charge is -2.34. The van der Waals surface area contributed by atoms with Gasteiger partial charge in [-0.3, -0.25) is 0 Å². The van der Waals surface area contributed by atoms with E-state index in [0.29, 0.717) is 23.6 Å². The zero-order chi connectivity index (χ0) is 15.0. The monoisotopic (exact) mass is 349 g/mol. The SMILES string of the molecule is CC1CCCC(n2nnnc2-c2cc(N)ccc2Br)C1C. The number of rotatable bonds is 2. The van der Waals surface area contributed by atoms with Crippen LogP contribution in [0.1, 0.15) is 39.2 Å². The molecule has 1 aromatic carbocycles. The van der Waals surface area contributed by atoms with Gasteiger partial charge in [0, 0.05) is 15.7 Å². The van der Waals surface area contributed by atoms with E-state index in [-0.39, 0.29) is 0 Å². The molecule has 3 atom stereocenters. The summed E-state index contributed by atoms with van der Waals surface area (Å²) < 4.78 is 2.95. The molecule has 0 amide bonds. The summed E-state index contributed by atoms with van der Waals surface area (Å²) in [6.07, 6.45) is 3.65. The molecule has 1 aliphatic carbocycles. The minimum atomic E-state index is 0.354. The topological polar surface area (TPSA) is 69.6 Å². The van der Waals surface area contributed by atoms with Gasteiger partial charge >= 0.3 is 0 Å². The molecule has 3 rings (SSSR count). The highest BCUT2D eigenvalue weighted by molar-refractivity contribution is 9.10. The third kappa shape index (κ3) is 2.69. The third-order valence-electron chi connectivity index (χ3n) is 4.70. The van der Waals surface area contributed by atoms with Crippen molar-refractivity contribution in [2.45, 2.75) is 39.2 Å². The summed E-state index contributed by atoms with van der Waals surface area (Å²) >= 11 is 3.57. The average molecular weight is 350 g/mol. The second kappa shape index (κ2) is 5.75. The van der Waals surface area contributed by atoms with Gasteiger partial charge in [0.2, 0.25) is 0 Å². The zero-order valence-corrected chi connectivity index (χ0v) is 13.9. The van der Waals surface area contributed by atoms with E-state index in [1.165, 1.54) is 12.8 Å². The number of hydrogen-bond donors (Lipinski definition) is 1. The molecule has 0 aliphatic heterocycles. The maximum Gasteiger partial charge on any atom is 0.183 e. The van der Waals surface area contributed by atoms with Crippen molar-refractivity contribution in [3.8, 4) is 11.4 Å². The van der Waals surface area contributed by atoms with E-state index in [2.05, 4.69) is 45.3 Å². The Balaban J connectivity index is 2.03. The van der Waals surface area contributed by atoms with Crippen LogP contribution in [0.2, 0.25) is 0 Å². The summed E-state index contributed by atoms with van der Waals surface area (Å²) in [4.78, 5) is 0. The molecular weight excluding hydrogens is 330 g/mol. The molecule has 6 heteroatoms. The lowest BCUT2D eigenvalue weighted by molar-refractivity contribution is 0.174. The molecule has 1 saturated carbocycles. The summed E-state index contributed by atoms with van der Waals surface area (Å²) in [7, 11) is 0. The quantitative estimate of drug-likeness (QED) is 0.839. The van der Waals surface area contributed by atoms with Crippen molar-refractivity contribution in [2.24, 2.45) is 11.8 Å². The Kier molecular flexibility index (Phi) is 3.97. The predicted molar refractivity (Wildman–Crippen MR) is 86.6 cm³/mol. The largest absolute Gasteiger partial charge is 0.399 e. The molecule has 1 heterocycles. The molecule has 21 heavy (non-hydrogen) atoms. The molecule has 3 unspecified atom stereocenters. The first-order chi connectivity index (χ1) is 10.1. The molecule has 2 aromatic rings. The number of hydrogen-bond acceptors (Lipinski definition) is 4. The van der Waals surface area contributed by atoms with Gasteiger partial charge in [0.1, 0.15) is 0 Å². The Hall–Kier alpha value is -1.43. The van der Waals surface area contributed by atoms with Crippen molar-refractivity contribution in [2.75, 3.05) is 5.73 Å². The molecule has 0 bridgehead atoms. The first-order valence-corrected chi connectivity index (χ1v) is 8.20. The molecule has 2 N–H and O–H groups in total. The maximum atomic E-state index is 5.91. The Morgan fingerprint density at radius 3 is 2.90 bits per heavy atom. The fraction of sp³-hybridized carbons (Fsp3) is 0.533. The van der Waals surface area contributed by atoms with Gasteiger partial charge < -0.3 is 5.73 Å². The number of tetrazole rings is 1. The number of aromatic nitrogens is 4. The number of benzene rings is 1. The molecular formula is C15H20BrN5. The normalized spacial score (nSPS) is 26.0. The van der Waals surface area contributed by atoms with Gasteiger partial charge in [0.15, 0.2) is 5.82 Å². The van der Waals surface area contributed by atoms with E-state index in [9.17, 15) is 0 Å². The molecule has 1 aromatic heterocycles. The average Bonchev–Trinajstić information content (AvgIpc) is 2.93. The molecule has 112 valence electrons. The Bertz CT molecular complexity index is 639. The second-order valence-corrected chi connectivity index (χ2v) is 6.88. The van der Waals surface area contributed by atoms with E-state index in [0.717, 1.165) is 22.3 Å². The van der Waals surface area contributed by atoms with Crippen LogP contribution < -0.4 is 5.73 Å². The first kappa shape index (κ1) is 14.5. The van der Waals surface area contributed by atoms with Gasteiger partial charge in [0.25, 0.3) is 0 Å². The van der Waals surface area contributed by atoms with Crippen LogP contribution in [-0.4, -0.2) is 20.2 Å². The van der Waals surface area contributed by atoms with Crippen LogP contribution in [0.15, 0.2) is 22.7 Å². The zero-order valence-electron chi connectivity index (χ0n) is 12.3. The summed E-state index contributed by atoms with van der Waals surface area (Å²) in [5.41, 5.74) is 7.58.